The third kappa shape index (κ3) is 5.36. The van der Waals surface area contributed by atoms with Gasteiger partial charge in [0.2, 0.25) is 5.43 Å². The van der Waals surface area contributed by atoms with Crippen molar-refractivity contribution in [1.82, 2.24) is 14.5 Å². The van der Waals surface area contributed by atoms with Gasteiger partial charge in [-0.05, 0) is 56.2 Å². The predicted molar refractivity (Wildman–Crippen MR) is 158 cm³/mol. The molecule has 43 heavy (non-hydrogen) atoms. The number of aryl methyl sites for hydroxylation is 1. The fourth-order valence-corrected chi connectivity index (χ4v) is 4.81. The molecule has 5 rings (SSSR count). The Morgan fingerprint density at radius 3 is 2.33 bits per heavy atom. The summed E-state index contributed by atoms with van der Waals surface area (Å²) in [6.45, 7) is 5.01. The largest absolute Gasteiger partial charge is 0.491 e. The van der Waals surface area contributed by atoms with E-state index in [9.17, 15) is 14.0 Å². The van der Waals surface area contributed by atoms with Crippen LogP contribution in [0.1, 0.15) is 27.3 Å². The van der Waals surface area contributed by atoms with Crippen LogP contribution in [0.15, 0.2) is 59.5 Å². The molecule has 0 radical (unpaired) electrons. The van der Waals surface area contributed by atoms with Gasteiger partial charge in [0.25, 0.3) is 11.8 Å². The van der Waals surface area contributed by atoms with Crippen LogP contribution in [-0.2, 0) is 7.05 Å². The molecule has 5 aromatic rings. The normalized spacial score (nSPS) is 11.0. The molecule has 9 nitrogen and oxygen atoms in total. The van der Waals surface area contributed by atoms with Crippen LogP contribution in [0.4, 0.5) is 14.5 Å². The van der Waals surface area contributed by atoms with E-state index in [2.05, 4.69) is 15.3 Å². The Balaban J connectivity index is 1.45. The fourth-order valence-electron chi connectivity index (χ4n) is 4.81. The zero-order valence-corrected chi connectivity index (χ0v) is 24.3. The molecule has 0 aliphatic heterocycles. The third-order valence-electron chi connectivity index (χ3n) is 7.29. The molecule has 0 aliphatic rings. The van der Waals surface area contributed by atoms with E-state index in [0.29, 0.717) is 39.3 Å². The van der Waals surface area contributed by atoms with Gasteiger partial charge in [0, 0.05) is 54.1 Å². The van der Waals surface area contributed by atoms with Gasteiger partial charge in [0.1, 0.15) is 16.9 Å². The van der Waals surface area contributed by atoms with Gasteiger partial charge >= 0.3 is 0 Å². The van der Waals surface area contributed by atoms with E-state index in [1.807, 2.05) is 0 Å². The first kappa shape index (κ1) is 29.2. The molecule has 0 saturated carbocycles. The van der Waals surface area contributed by atoms with Crippen molar-refractivity contribution >= 4 is 22.6 Å². The number of nitrogens with one attached hydrogen (secondary N) is 1. The Morgan fingerprint density at radius 2 is 1.65 bits per heavy atom. The van der Waals surface area contributed by atoms with Crippen molar-refractivity contribution in [2.45, 2.75) is 20.8 Å². The summed E-state index contributed by atoms with van der Waals surface area (Å²) in [6.07, 6.45) is 1.49. The number of pyridine rings is 3. The number of fused-ring (bicyclic) bond motifs is 1. The van der Waals surface area contributed by atoms with Crippen LogP contribution in [0.25, 0.3) is 22.2 Å². The van der Waals surface area contributed by atoms with Gasteiger partial charge in [-0.2, -0.15) is 0 Å². The molecule has 0 atom stereocenters. The monoisotopic (exact) mass is 586 g/mol. The van der Waals surface area contributed by atoms with E-state index in [4.69, 9.17) is 14.2 Å². The van der Waals surface area contributed by atoms with E-state index >= 15 is 4.39 Å². The maximum atomic E-state index is 15.2. The third-order valence-corrected chi connectivity index (χ3v) is 7.29. The smallest absolute Gasteiger partial charge is 0.261 e. The number of halogens is 2. The molecule has 11 heteroatoms. The standard InChI is InChI=1S/C32H28F2N4O5/c1-16-13-19(7-9-21(16)33)27-17(2)38(4)18(3)28(30(27)39)31(40)36-20-8-10-24(22(34)14-20)43-25-11-12-35-23-15-26(41-5)32(42-6)37-29(23)25/h7-15H,1-6H3,(H,36,40). The van der Waals surface area contributed by atoms with Gasteiger partial charge in [-0.3, -0.25) is 14.6 Å². The van der Waals surface area contributed by atoms with Crippen molar-refractivity contribution in [3.05, 3.63) is 99.1 Å². The summed E-state index contributed by atoms with van der Waals surface area (Å²) in [6, 6.07) is 11.4. The minimum atomic E-state index is -0.765. The number of rotatable bonds is 7. The van der Waals surface area contributed by atoms with Crippen LogP contribution in [0, 0.1) is 32.4 Å². The molecule has 0 spiro atoms. The van der Waals surface area contributed by atoms with Crippen molar-refractivity contribution in [1.29, 1.82) is 0 Å². The molecule has 0 bridgehead atoms. The molecule has 0 fully saturated rings. The zero-order valence-electron chi connectivity index (χ0n) is 24.3. The summed E-state index contributed by atoms with van der Waals surface area (Å²) in [5, 5.41) is 2.61. The van der Waals surface area contributed by atoms with Gasteiger partial charge in [-0.1, -0.05) is 6.07 Å². The highest BCUT2D eigenvalue weighted by Gasteiger charge is 2.23. The summed E-state index contributed by atoms with van der Waals surface area (Å²) >= 11 is 0. The molecule has 1 N–H and O–H groups in total. The predicted octanol–water partition coefficient (Wildman–Crippen LogP) is 6.26. The van der Waals surface area contributed by atoms with E-state index in [0.717, 1.165) is 6.07 Å². The van der Waals surface area contributed by atoms with Crippen LogP contribution < -0.4 is 25.0 Å². The number of amides is 1. The number of anilines is 1. The van der Waals surface area contributed by atoms with E-state index in [1.54, 1.807) is 44.5 Å². The summed E-state index contributed by atoms with van der Waals surface area (Å²) in [5.74, 6) is -1.18. The quantitative estimate of drug-likeness (QED) is 0.240. The highest BCUT2D eigenvalue weighted by Crippen LogP contribution is 2.35. The first-order chi connectivity index (χ1) is 20.5. The molecular formula is C32H28F2N4O5. The minimum absolute atomic E-state index is 0.107. The number of ether oxygens (including phenoxy) is 3. The van der Waals surface area contributed by atoms with E-state index in [1.165, 1.54) is 50.7 Å². The van der Waals surface area contributed by atoms with Crippen molar-refractivity contribution < 1.29 is 27.8 Å². The molecule has 3 heterocycles. The maximum absolute atomic E-state index is 15.2. The van der Waals surface area contributed by atoms with Crippen LogP contribution in [0.3, 0.4) is 0 Å². The molecule has 0 saturated heterocycles. The number of nitrogens with zero attached hydrogens (tertiary/aromatic N) is 3. The number of hydrogen-bond acceptors (Lipinski definition) is 7. The minimum Gasteiger partial charge on any atom is -0.491 e. The molecule has 220 valence electrons. The molecule has 0 unspecified atom stereocenters. The Morgan fingerprint density at radius 1 is 0.884 bits per heavy atom. The second kappa shape index (κ2) is 11.5. The first-order valence-corrected chi connectivity index (χ1v) is 13.2. The Bertz CT molecular complexity index is 1970. The van der Waals surface area contributed by atoms with Crippen molar-refractivity contribution in [2.75, 3.05) is 19.5 Å². The fraction of sp³-hybridized carbons (Fsp3) is 0.188. The van der Waals surface area contributed by atoms with Crippen molar-refractivity contribution in [3.8, 4) is 34.3 Å². The van der Waals surface area contributed by atoms with Crippen molar-refractivity contribution in [3.63, 3.8) is 0 Å². The first-order valence-electron chi connectivity index (χ1n) is 13.2. The molecule has 0 aliphatic carbocycles. The molecular weight excluding hydrogens is 558 g/mol. The number of aromatic nitrogens is 3. The SMILES string of the molecule is COc1cc2nccc(Oc3ccc(NC(=O)c4c(C)n(C)c(C)c(-c5ccc(F)c(C)c5)c4=O)cc3F)c2nc1OC. The lowest BCUT2D eigenvalue weighted by atomic mass is 9.97. The summed E-state index contributed by atoms with van der Waals surface area (Å²) < 4.78 is 47.2. The van der Waals surface area contributed by atoms with Gasteiger partial charge in [0.15, 0.2) is 23.1 Å². The highest BCUT2D eigenvalue weighted by molar-refractivity contribution is 6.05. The average Bonchev–Trinajstić information content (AvgIpc) is 2.98. The topological polar surface area (TPSA) is 105 Å². The lowest BCUT2D eigenvalue weighted by molar-refractivity contribution is 0.102. The number of benzene rings is 2. The van der Waals surface area contributed by atoms with Crippen LogP contribution >= 0.6 is 0 Å². The van der Waals surface area contributed by atoms with Gasteiger partial charge < -0.3 is 24.1 Å². The zero-order chi connectivity index (χ0) is 31.0. The summed E-state index contributed by atoms with van der Waals surface area (Å²) in [4.78, 5) is 35.7. The lowest BCUT2D eigenvalue weighted by Crippen LogP contribution is -2.28. The second-order valence-corrected chi connectivity index (χ2v) is 9.85. The maximum Gasteiger partial charge on any atom is 0.261 e. The number of carbonyl (C=O) groups is 1. The van der Waals surface area contributed by atoms with E-state index < -0.39 is 23.0 Å². The summed E-state index contributed by atoms with van der Waals surface area (Å²) in [7, 11) is 4.65. The Kier molecular flexibility index (Phi) is 7.81. The molecule has 3 aromatic heterocycles. The molecule has 2 aromatic carbocycles. The van der Waals surface area contributed by atoms with Crippen LogP contribution in [-0.4, -0.2) is 34.7 Å². The number of methoxy groups -OCH3 is 2. The number of hydrogen-bond donors (Lipinski definition) is 1. The molecule has 1 amide bonds. The Hall–Kier alpha value is -5.32. The van der Waals surface area contributed by atoms with Gasteiger partial charge in [-0.25, -0.2) is 13.8 Å². The van der Waals surface area contributed by atoms with Gasteiger partial charge in [0.05, 0.1) is 19.7 Å². The second-order valence-electron chi connectivity index (χ2n) is 9.85. The van der Waals surface area contributed by atoms with Crippen LogP contribution in [0.5, 0.6) is 23.1 Å². The highest BCUT2D eigenvalue weighted by atomic mass is 19.1. The lowest BCUT2D eigenvalue weighted by Gasteiger charge is -2.18. The van der Waals surface area contributed by atoms with Crippen molar-refractivity contribution in [2.24, 2.45) is 7.05 Å². The Labute approximate surface area is 245 Å². The average molecular weight is 587 g/mol. The summed E-state index contributed by atoms with van der Waals surface area (Å²) in [5.41, 5.74) is 2.46. The number of carbonyl (C=O) groups excluding carboxylic acids is 1. The van der Waals surface area contributed by atoms with E-state index in [-0.39, 0.29) is 34.2 Å². The van der Waals surface area contributed by atoms with Gasteiger partial charge in [-0.15, -0.1) is 0 Å². The van der Waals surface area contributed by atoms with Crippen LogP contribution in [0.2, 0.25) is 0 Å².